The first-order chi connectivity index (χ1) is 10.2. The fourth-order valence-corrected chi connectivity index (χ4v) is 3.16. The fourth-order valence-electron chi connectivity index (χ4n) is 2.51. The van der Waals surface area contributed by atoms with Crippen LogP contribution in [-0.2, 0) is 6.54 Å². The minimum atomic E-state index is 0.193. The van der Waals surface area contributed by atoms with E-state index in [0.717, 1.165) is 17.7 Å². The molecule has 0 heterocycles. The van der Waals surface area contributed by atoms with Crippen molar-refractivity contribution in [3.63, 3.8) is 0 Å². The Morgan fingerprint density at radius 2 is 1.90 bits per heavy atom. The summed E-state index contributed by atoms with van der Waals surface area (Å²) in [6.07, 6.45) is 2.03. The first-order valence-corrected chi connectivity index (χ1v) is 8.41. The molecule has 114 valence electrons. The second-order valence-corrected chi connectivity index (χ2v) is 6.18. The molecule has 2 N–H and O–H groups in total. The molecular formula is C17H23NO2S. The number of rotatable bonds is 7. The van der Waals surface area contributed by atoms with Crippen LogP contribution >= 0.6 is 11.8 Å². The van der Waals surface area contributed by atoms with Gasteiger partial charge in [0.25, 0.3) is 0 Å². The number of nitrogens with one attached hydrogen (secondary N) is 1. The van der Waals surface area contributed by atoms with Crippen molar-refractivity contribution in [1.82, 2.24) is 5.32 Å². The van der Waals surface area contributed by atoms with Crippen molar-refractivity contribution in [3.05, 3.63) is 42.0 Å². The molecule has 0 saturated heterocycles. The zero-order valence-electron chi connectivity index (χ0n) is 12.8. The summed E-state index contributed by atoms with van der Waals surface area (Å²) in [7, 11) is 1.70. The molecule has 4 heteroatoms. The Morgan fingerprint density at radius 1 is 1.19 bits per heavy atom. The lowest BCUT2D eigenvalue weighted by Gasteiger charge is -2.22. The molecule has 0 aliphatic carbocycles. The maximum atomic E-state index is 9.36. The first-order valence-electron chi connectivity index (χ1n) is 7.13. The summed E-state index contributed by atoms with van der Waals surface area (Å²) >= 11 is 1.69. The molecular weight excluding hydrogens is 282 g/mol. The van der Waals surface area contributed by atoms with Crippen molar-refractivity contribution in [2.75, 3.05) is 20.0 Å². The van der Waals surface area contributed by atoms with Crippen LogP contribution in [0.1, 0.15) is 12.5 Å². The predicted octanol–water partition coefficient (Wildman–Crippen LogP) is 3.05. The minimum Gasteiger partial charge on any atom is -0.496 e. The van der Waals surface area contributed by atoms with Crippen LogP contribution in [0.2, 0.25) is 0 Å². The van der Waals surface area contributed by atoms with E-state index in [1.807, 2.05) is 24.5 Å². The van der Waals surface area contributed by atoms with Crippen molar-refractivity contribution >= 4 is 22.5 Å². The van der Waals surface area contributed by atoms with Gasteiger partial charge in [-0.05, 0) is 30.2 Å². The molecule has 2 aromatic rings. The van der Waals surface area contributed by atoms with Crippen LogP contribution in [0.25, 0.3) is 10.8 Å². The van der Waals surface area contributed by atoms with Crippen molar-refractivity contribution in [3.8, 4) is 5.75 Å². The Labute approximate surface area is 130 Å². The van der Waals surface area contributed by atoms with Gasteiger partial charge in [0.05, 0.1) is 13.7 Å². The molecule has 0 aromatic heterocycles. The summed E-state index contributed by atoms with van der Waals surface area (Å²) in [5, 5.41) is 15.4. The van der Waals surface area contributed by atoms with Crippen LogP contribution in [0.4, 0.5) is 0 Å². The van der Waals surface area contributed by atoms with Gasteiger partial charge in [-0.3, -0.25) is 0 Å². The van der Waals surface area contributed by atoms with E-state index >= 15 is 0 Å². The Balaban J connectivity index is 2.20. The van der Waals surface area contributed by atoms with Gasteiger partial charge in [-0.2, -0.15) is 11.8 Å². The Kier molecular flexibility index (Phi) is 5.91. The van der Waals surface area contributed by atoms with Crippen molar-refractivity contribution in [2.24, 2.45) is 0 Å². The average Bonchev–Trinajstić information content (AvgIpc) is 2.53. The van der Waals surface area contributed by atoms with Crippen LogP contribution in [0.15, 0.2) is 36.4 Å². The number of aliphatic hydroxyl groups excluding tert-OH is 1. The van der Waals surface area contributed by atoms with Gasteiger partial charge in [0.15, 0.2) is 0 Å². The van der Waals surface area contributed by atoms with E-state index in [9.17, 15) is 5.11 Å². The lowest BCUT2D eigenvalue weighted by Crippen LogP contribution is -2.37. The molecule has 2 rings (SSSR count). The summed E-state index contributed by atoms with van der Waals surface area (Å²) in [5.74, 6) is 0.903. The number of thioether (sulfide) groups is 1. The van der Waals surface area contributed by atoms with Crippen molar-refractivity contribution in [1.29, 1.82) is 0 Å². The molecule has 0 bridgehead atoms. The zero-order valence-corrected chi connectivity index (χ0v) is 13.6. The standard InChI is InChI=1S/C17H23NO2S/c1-12(17(11-19)21-3)18-10-13-8-9-16(20-2)15-7-5-4-6-14(13)15/h4-9,12,17-19H,10-11H2,1-3H3. The first kappa shape index (κ1) is 16.1. The van der Waals surface area contributed by atoms with Gasteiger partial charge in [-0.15, -0.1) is 0 Å². The number of benzene rings is 2. The molecule has 0 aliphatic rings. The van der Waals surface area contributed by atoms with E-state index in [2.05, 4.69) is 30.4 Å². The predicted molar refractivity (Wildman–Crippen MR) is 91.2 cm³/mol. The normalized spacial score (nSPS) is 14.1. The summed E-state index contributed by atoms with van der Waals surface area (Å²) in [6, 6.07) is 12.7. The fraction of sp³-hybridized carbons (Fsp3) is 0.412. The number of hydrogen-bond donors (Lipinski definition) is 2. The van der Waals surface area contributed by atoms with Crippen LogP contribution in [-0.4, -0.2) is 36.4 Å². The van der Waals surface area contributed by atoms with E-state index in [4.69, 9.17) is 4.74 Å². The number of hydrogen-bond acceptors (Lipinski definition) is 4. The molecule has 2 atom stereocenters. The SMILES string of the molecule is COc1ccc(CNC(C)C(CO)SC)c2ccccc12. The van der Waals surface area contributed by atoms with Crippen molar-refractivity contribution in [2.45, 2.75) is 24.8 Å². The summed E-state index contributed by atoms with van der Waals surface area (Å²) in [6.45, 7) is 3.09. The molecule has 3 nitrogen and oxygen atoms in total. The number of aliphatic hydroxyl groups is 1. The van der Waals surface area contributed by atoms with Crippen LogP contribution in [0.5, 0.6) is 5.75 Å². The summed E-state index contributed by atoms with van der Waals surface area (Å²) < 4.78 is 5.42. The lowest BCUT2D eigenvalue weighted by molar-refractivity contribution is 0.276. The van der Waals surface area contributed by atoms with E-state index in [1.165, 1.54) is 10.9 Å². The van der Waals surface area contributed by atoms with Gasteiger partial charge in [0, 0.05) is 23.2 Å². The van der Waals surface area contributed by atoms with Gasteiger partial charge >= 0.3 is 0 Å². The van der Waals surface area contributed by atoms with Gasteiger partial charge in [0.2, 0.25) is 0 Å². The zero-order chi connectivity index (χ0) is 15.2. The highest BCUT2D eigenvalue weighted by molar-refractivity contribution is 7.99. The maximum absolute atomic E-state index is 9.36. The largest absolute Gasteiger partial charge is 0.496 e. The molecule has 0 spiro atoms. The van der Waals surface area contributed by atoms with E-state index < -0.39 is 0 Å². The highest BCUT2D eigenvalue weighted by Gasteiger charge is 2.15. The molecule has 0 fully saturated rings. The summed E-state index contributed by atoms with van der Waals surface area (Å²) in [4.78, 5) is 0. The van der Waals surface area contributed by atoms with E-state index in [1.54, 1.807) is 18.9 Å². The smallest absolute Gasteiger partial charge is 0.126 e. The lowest BCUT2D eigenvalue weighted by atomic mass is 10.0. The van der Waals surface area contributed by atoms with E-state index in [-0.39, 0.29) is 17.9 Å². The van der Waals surface area contributed by atoms with Crippen LogP contribution in [0, 0.1) is 0 Å². The average molecular weight is 305 g/mol. The second-order valence-electron chi connectivity index (χ2n) is 5.10. The van der Waals surface area contributed by atoms with E-state index in [0.29, 0.717) is 0 Å². The minimum absolute atomic E-state index is 0.193. The molecule has 21 heavy (non-hydrogen) atoms. The molecule has 0 radical (unpaired) electrons. The highest BCUT2D eigenvalue weighted by atomic mass is 32.2. The molecule has 2 aromatic carbocycles. The molecule has 0 amide bonds. The quantitative estimate of drug-likeness (QED) is 0.825. The molecule has 2 unspecified atom stereocenters. The van der Waals surface area contributed by atoms with Crippen LogP contribution < -0.4 is 10.1 Å². The molecule has 0 saturated carbocycles. The third kappa shape index (κ3) is 3.70. The third-order valence-corrected chi connectivity index (χ3v) is 5.01. The van der Waals surface area contributed by atoms with Crippen molar-refractivity contribution < 1.29 is 9.84 Å². The number of ether oxygens (including phenoxy) is 1. The Morgan fingerprint density at radius 3 is 2.52 bits per heavy atom. The topological polar surface area (TPSA) is 41.5 Å². The second kappa shape index (κ2) is 7.69. The number of fused-ring (bicyclic) bond motifs is 1. The van der Waals surface area contributed by atoms with Gasteiger partial charge in [0.1, 0.15) is 5.75 Å². The Bertz CT molecular complexity index is 584. The Hall–Kier alpha value is -1.23. The molecule has 0 aliphatic heterocycles. The third-order valence-electron chi connectivity index (χ3n) is 3.85. The van der Waals surface area contributed by atoms with Gasteiger partial charge < -0.3 is 15.2 Å². The van der Waals surface area contributed by atoms with Crippen LogP contribution in [0.3, 0.4) is 0 Å². The maximum Gasteiger partial charge on any atom is 0.126 e. The number of methoxy groups -OCH3 is 1. The summed E-state index contributed by atoms with van der Waals surface area (Å²) in [5.41, 5.74) is 1.25. The van der Waals surface area contributed by atoms with Gasteiger partial charge in [-0.25, -0.2) is 0 Å². The highest BCUT2D eigenvalue weighted by Crippen LogP contribution is 2.28. The van der Waals surface area contributed by atoms with Gasteiger partial charge in [-0.1, -0.05) is 30.3 Å². The monoisotopic (exact) mass is 305 g/mol.